The molecule has 0 saturated heterocycles. The number of aromatic nitrogens is 2. The van der Waals surface area contributed by atoms with E-state index in [1.165, 1.54) is 25.6 Å². The molecule has 16 heavy (non-hydrogen) atoms. The molecule has 0 aromatic carbocycles. The van der Waals surface area contributed by atoms with Gasteiger partial charge in [-0.3, -0.25) is 0 Å². The Morgan fingerprint density at radius 1 is 1.38 bits per heavy atom. The maximum atomic E-state index is 6.04. The lowest BCUT2D eigenvalue weighted by Gasteiger charge is -2.35. The topological polar surface area (TPSA) is 37.8 Å². The molecule has 1 heterocycles. The van der Waals surface area contributed by atoms with Crippen molar-refractivity contribution in [2.75, 3.05) is 5.32 Å². The van der Waals surface area contributed by atoms with Gasteiger partial charge in [-0.1, -0.05) is 38.3 Å². The van der Waals surface area contributed by atoms with Crippen LogP contribution in [0.4, 0.5) is 5.82 Å². The highest BCUT2D eigenvalue weighted by Crippen LogP contribution is 2.32. The van der Waals surface area contributed by atoms with Crippen molar-refractivity contribution in [2.24, 2.45) is 11.8 Å². The number of nitrogens with one attached hydrogen (secondary N) is 1. The first-order valence-corrected chi connectivity index (χ1v) is 6.28. The van der Waals surface area contributed by atoms with Gasteiger partial charge in [0.2, 0.25) is 0 Å². The van der Waals surface area contributed by atoms with Crippen LogP contribution in [0.3, 0.4) is 0 Å². The van der Waals surface area contributed by atoms with Crippen LogP contribution in [0.2, 0.25) is 5.02 Å². The first-order chi connectivity index (χ1) is 7.68. The molecule has 1 aromatic heterocycles. The van der Waals surface area contributed by atoms with E-state index in [9.17, 15) is 0 Å². The number of rotatable bonds is 2. The third-order valence-corrected chi connectivity index (χ3v) is 3.97. The van der Waals surface area contributed by atoms with Gasteiger partial charge in [-0.15, -0.1) is 0 Å². The van der Waals surface area contributed by atoms with Gasteiger partial charge in [0.15, 0.2) is 0 Å². The average molecular weight is 240 g/mol. The first-order valence-electron chi connectivity index (χ1n) is 5.90. The van der Waals surface area contributed by atoms with E-state index < -0.39 is 0 Å². The van der Waals surface area contributed by atoms with Crippen LogP contribution in [0.15, 0.2) is 12.5 Å². The Hall–Kier alpha value is -0.830. The molecule has 0 spiro atoms. The molecule has 0 radical (unpaired) electrons. The Morgan fingerprint density at radius 3 is 2.94 bits per heavy atom. The number of halogens is 1. The maximum Gasteiger partial charge on any atom is 0.148 e. The molecule has 3 unspecified atom stereocenters. The van der Waals surface area contributed by atoms with Crippen molar-refractivity contribution >= 4 is 17.4 Å². The zero-order valence-electron chi connectivity index (χ0n) is 9.78. The van der Waals surface area contributed by atoms with E-state index in [1.54, 1.807) is 6.20 Å². The van der Waals surface area contributed by atoms with E-state index in [0.29, 0.717) is 17.0 Å². The van der Waals surface area contributed by atoms with Crippen molar-refractivity contribution in [1.29, 1.82) is 0 Å². The molecular weight excluding hydrogens is 222 g/mol. The minimum absolute atomic E-state index is 0.483. The summed E-state index contributed by atoms with van der Waals surface area (Å²) in [4.78, 5) is 8.07. The van der Waals surface area contributed by atoms with E-state index in [-0.39, 0.29) is 0 Å². The summed E-state index contributed by atoms with van der Waals surface area (Å²) in [7, 11) is 0. The number of hydrogen-bond donors (Lipinski definition) is 1. The van der Waals surface area contributed by atoms with E-state index in [2.05, 4.69) is 29.1 Å². The van der Waals surface area contributed by atoms with Crippen molar-refractivity contribution in [2.45, 2.75) is 39.2 Å². The second-order valence-corrected chi connectivity index (χ2v) is 5.14. The highest BCUT2D eigenvalue weighted by molar-refractivity contribution is 6.32. The zero-order valence-corrected chi connectivity index (χ0v) is 10.5. The van der Waals surface area contributed by atoms with Gasteiger partial charge in [-0.05, 0) is 18.3 Å². The highest BCUT2D eigenvalue weighted by atomic mass is 35.5. The first kappa shape index (κ1) is 11.6. The molecule has 1 aromatic rings. The fourth-order valence-electron chi connectivity index (χ4n) is 2.38. The zero-order chi connectivity index (χ0) is 11.5. The van der Waals surface area contributed by atoms with Gasteiger partial charge in [0, 0.05) is 6.04 Å². The summed E-state index contributed by atoms with van der Waals surface area (Å²) in [6.07, 6.45) is 6.98. The van der Waals surface area contributed by atoms with Crippen LogP contribution < -0.4 is 5.32 Å². The van der Waals surface area contributed by atoms with Crippen LogP contribution in [0.25, 0.3) is 0 Å². The van der Waals surface area contributed by atoms with Crippen molar-refractivity contribution in [3.8, 4) is 0 Å². The fourth-order valence-corrected chi connectivity index (χ4v) is 2.54. The molecule has 1 saturated carbocycles. The molecule has 1 fully saturated rings. The van der Waals surface area contributed by atoms with E-state index in [1.807, 2.05) is 0 Å². The van der Waals surface area contributed by atoms with E-state index in [4.69, 9.17) is 11.6 Å². The Balaban J connectivity index is 2.06. The summed E-state index contributed by atoms with van der Waals surface area (Å²) in [5.74, 6) is 2.20. The quantitative estimate of drug-likeness (QED) is 0.860. The average Bonchev–Trinajstić information content (AvgIpc) is 2.28. The van der Waals surface area contributed by atoms with Gasteiger partial charge in [-0.25, -0.2) is 9.97 Å². The molecule has 3 nitrogen and oxygen atoms in total. The molecule has 88 valence electrons. The smallest absolute Gasteiger partial charge is 0.148 e. The molecule has 2 rings (SSSR count). The second kappa shape index (κ2) is 5.00. The van der Waals surface area contributed by atoms with E-state index >= 15 is 0 Å². The van der Waals surface area contributed by atoms with Crippen LogP contribution in [0, 0.1) is 11.8 Å². The summed E-state index contributed by atoms with van der Waals surface area (Å²) in [6.45, 7) is 4.62. The van der Waals surface area contributed by atoms with Gasteiger partial charge >= 0.3 is 0 Å². The van der Waals surface area contributed by atoms with Gasteiger partial charge in [0.25, 0.3) is 0 Å². The lowest BCUT2D eigenvalue weighted by molar-refractivity contribution is 0.253. The summed E-state index contributed by atoms with van der Waals surface area (Å²) < 4.78 is 0. The van der Waals surface area contributed by atoms with E-state index in [0.717, 1.165) is 11.7 Å². The molecule has 0 aliphatic heterocycles. The van der Waals surface area contributed by atoms with Gasteiger partial charge in [-0.2, -0.15) is 0 Å². The molecule has 1 N–H and O–H groups in total. The number of nitrogens with zero attached hydrogens (tertiary/aromatic N) is 2. The fraction of sp³-hybridized carbons (Fsp3) is 0.667. The van der Waals surface area contributed by atoms with Crippen molar-refractivity contribution in [3.05, 3.63) is 17.5 Å². The molecule has 0 bridgehead atoms. The van der Waals surface area contributed by atoms with Crippen LogP contribution >= 0.6 is 11.6 Å². The normalized spacial score (nSPS) is 30.1. The third-order valence-electron chi connectivity index (χ3n) is 3.70. The Morgan fingerprint density at radius 2 is 2.19 bits per heavy atom. The SMILES string of the molecule is CC1CCCC(Nc2ncncc2Cl)C1C. The van der Waals surface area contributed by atoms with Crippen molar-refractivity contribution in [3.63, 3.8) is 0 Å². The predicted octanol–water partition coefficient (Wildman–Crippen LogP) is 3.37. The van der Waals surface area contributed by atoms with Crippen molar-refractivity contribution < 1.29 is 0 Å². The van der Waals surface area contributed by atoms with Crippen LogP contribution in [-0.2, 0) is 0 Å². The van der Waals surface area contributed by atoms with Crippen LogP contribution in [0.1, 0.15) is 33.1 Å². The van der Waals surface area contributed by atoms with Crippen LogP contribution in [0.5, 0.6) is 0 Å². The number of anilines is 1. The maximum absolute atomic E-state index is 6.04. The summed E-state index contributed by atoms with van der Waals surface area (Å²) in [5.41, 5.74) is 0. The minimum Gasteiger partial charge on any atom is -0.366 e. The Kier molecular flexibility index (Phi) is 3.64. The summed E-state index contributed by atoms with van der Waals surface area (Å²) in [5, 5.41) is 4.05. The summed E-state index contributed by atoms with van der Waals surface area (Å²) in [6, 6.07) is 0.483. The van der Waals surface area contributed by atoms with Crippen LogP contribution in [-0.4, -0.2) is 16.0 Å². The lowest BCUT2D eigenvalue weighted by Crippen LogP contribution is -2.35. The summed E-state index contributed by atoms with van der Waals surface area (Å²) >= 11 is 6.04. The molecule has 1 aliphatic carbocycles. The lowest BCUT2D eigenvalue weighted by atomic mass is 9.78. The Bertz CT molecular complexity index is 356. The molecule has 3 atom stereocenters. The van der Waals surface area contributed by atoms with Gasteiger partial charge in [0.05, 0.1) is 6.20 Å². The molecule has 0 amide bonds. The standard InChI is InChI=1S/C12H18ClN3/c1-8-4-3-5-11(9(8)2)16-12-10(13)6-14-7-15-12/h6-9,11H,3-5H2,1-2H3,(H,14,15,16). The highest BCUT2D eigenvalue weighted by Gasteiger charge is 2.27. The largest absolute Gasteiger partial charge is 0.366 e. The van der Waals surface area contributed by atoms with Crippen molar-refractivity contribution in [1.82, 2.24) is 9.97 Å². The number of hydrogen-bond acceptors (Lipinski definition) is 3. The third kappa shape index (κ3) is 2.46. The molecule has 4 heteroatoms. The monoisotopic (exact) mass is 239 g/mol. The predicted molar refractivity (Wildman–Crippen MR) is 66.6 cm³/mol. The van der Waals surface area contributed by atoms with Gasteiger partial charge in [0.1, 0.15) is 17.2 Å². The second-order valence-electron chi connectivity index (χ2n) is 4.74. The van der Waals surface area contributed by atoms with Gasteiger partial charge < -0.3 is 5.32 Å². The molecular formula is C12H18ClN3. The Labute approximate surface area is 102 Å². The molecule has 1 aliphatic rings. The minimum atomic E-state index is 0.483.